The molecule has 0 aliphatic heterocycles. The highest BCUT2D eigenvalue weighted by molar-refractivity contribution is 5.95. The highest BCUT2D eigenvalue weighted by atomic mass is 16.5. The zero-order valence-corrected chi connectivity index (χ0v) is 11.2. The second-order valence-electron chi connectivity index (χ2n) is 4.55. The van der Waals surface area contributed by atoms with E-state index in [-0.39, 0.29) is 0 Å². The summed E-state index contributed by atoms with van der Waals surface area (Å²) in [5, 5.41) is 0. The van der Waals surface area contributed by atoms with Gasteiger partial charge in [-0.2, -0.15) is 0 Å². The molecule has 0 heterocycles. The molecule has 0 radical (unpaired) electrons. The fourth-order valence-corrected chi connectivity index (χ4v) is 1.94. The van der Waals surface area contributed by atoms with Crippen molar-refractivity contribution in [2.45, 2.75) is 12.8 Å². The number of carbonyl (C=O) groups is 1. The van der Waals surface area contributed by atoms with Gasteiger partial charge in [0.1, 0.15) is 5.75 Å². The predicted octanol–water partition coefficient (Wildman–Crippen LogP) is 2.38. The average molecular weight is 270 g/mol. The summed E-state index contributed by atoms with van der Waals surface area (Å²) in [5.74, 6) is 0.0661. The average Bonchev–Trinajstić information content (AvgIpc) is 2.46. The molecule has 0 fully saturated rings. The van der Waals surface area contributed by atoms with E-state index in [1.54, 1.807) is 18.2 Å². The Hall–Kier alpha value is -2.49. The van der Waals surface area contributed by atoms with E-state index in [9.17, 15) is 4.79 Å². The first-order valence-electron chi connectivity index (χ1n) is 6.53. The molecule has 0 aliphatic rings. The number of para-hydroxylation sites is 1. The molecule has 4 N–H and O–H groups in total. The van der Waals surface area contributed by atoms with Crippen LogP contribution in [-0.4, -0.2) is 12.5 Å². The molecule has 104 valence electrons. The number of anilines is 1. The monoisotopic (exact) mass is 270 g/mol. The fraction of sp³-hybridized carbons (Fsp3) is 0.188. The second kappa shape index (κ2) is 6.61. The van der Waals surface area contributed by atoms with Crippen LogP contribution >= 0.6 is 0 Å². The van der Waals surface area contributed by atoms with Crippen LogP contribution in [0.4, 0.5) is 5.69 Å². The summed E-state index contributed by atoms with van der Waals surface area (Å²) in [5.41, 5.74) is 13.3. The molecule has 0 bridgehead atoms. The summed E-state index contributed by atoms with van der Waals surface area (Å²) in [6.45, 7) is 0.536. The van der Waals surface area contributed by atoms with E-state index in [0.717, 1.165) is 18.5 Å². The van der Waals surface area contributed by atoms with Gasteiger partial charge < -0.3 is 16.2 Å². The third kappa shape index (κ3) is 3.75. The summed E-state index contributed by atoms with van der Waals surface area (Å²) in [6, 6.07) is 14.8. The highest BCUT2D eigenvalue weighted by Gasteiger charge is 2.07. The minimum absolute atomic E-state index is 0.417. The molecule has 0 aliphatic carbocycles. The fourth-order valence-electron chi connectivity index (χ4n) is 1.94. The van der Waals surface area contributed by atoms with Crippen LogP contribution in [0.25, 0.3) is 0 Å². The zero-order valence-electron chi connectivity index (χ0n) is 11.2. The van der Waals surface area contributed by atoms with Gasteiger partial charge in [-0.3, -0.25) is 4.79 Å². The minimum atomic E-state index is -0.473. The van der Waals surface area contributed by atoms with Crippen molar-refractivity contribution in [1.82, 2.24) is 0 Å². The number of primary amides is 1. The maximum atomic E-state index is 11.2. The predicted molar refractivity (Wildman–Crippen MR) is 79.6 cm³/mol. The Morgan fingerprint density at radius 1 is 1.05 bits per heavy atom. The van der Waals surface area contributed by atoms with E-state index in [4.69, 9.17) is 16.2 Å². The molecule has 0 saturated heterocycles. The van der Waals surface area contributed by atoms with Gasteiger partial charge in [-0.1, -0.05) is 24.3 Å². The number of hydrogen-bond acceptors (Lipinski definition) is 3. The van der Waals surface area contributed by atoms with E-state index in [2.05, 4.69) is 0 Å². The Balaban J connectivity index is 1.84. The molecule has 0 atom stereocenters. The van der Waals surface area contributed by atoms with Crippen LogP contribution in [0.3, 0.4) is 0 Å². The standard InChI is InChI=1S/C16H18N2O2/c17-13-9-7-12(8-10-13)4-3-11-20-15-6-2-1-5-14(15)16(18)19/h1-2,5-10H,3-4,11,17H2,(H2,18,19). The van der Waals surface area contributed by atoms with Gasteiger partial charge in [0.05, 0.1) is 12.2 Å². The Labute approximate surface area is 118 Å². The number of nitrogens with two attached hydrogens (primary N) is 2. The van der Waals surface area contributed by atoms with Crippen molar-refractivity contribution in [2.24, 2.45) is 5.73 Å². The smallest absolute Gasteiger partial charge is 0.252 e. The molecule has 4 nitrogen and oxygen atoms in total. The summed E-state index contributed by atoms with van der Waals surface area (Å²) in [6.07, 6.45) is 1.76. The van der Waals surface area contributed by atoms with Crippen LogP contribution in [0.1, 0.15) is 22.3 Å². The number of benzene rings is 2. The van der Waals surface area contributed by atoms with Gasteiger partial charge in [0, 0.05) is 5.69 Å². The third-order valence-corrected chi connectivity index (χ3v) is 3.00. The van der Waals surface area contributed by atoms with Crippen LogP contribution < -0.4 is 16.2 Å². The van der Waals surface area contributed by atoms with Gasteiger partial charge in [0.2, 0.25) is 0 Å². The molecular formula is C16H18N2O2. The first kappa shape index (κ1) is 13.9. The molecule has 1 amide bonds. The van der Waals surface area contributed by atoms with Crippen molar-refractivity contribution >= 4 is 11.6 Å². The molecule has 2 rings (SSSR count). The Morgan fingerprint density at radius 3 is 2.45 bits per heavy atom. The largest absolute Gasteiger partial charge is 0.493 e. The SMILES string of the molecule is NC(=O)c1ccccc1OCCCc1ccc(N)cc1. The summed E-state index contributed by atoms with van der Waals surface area (Å²) in [4.78, 5) is 11.2. The van der Waals surface area contributed by atoms with E-state index in [1.165, 1.54) is 5.56 Å². The molecule has 20 heavy (non-hydrogen) atoms. The van der Waals surface area contributed by atoms with Crippen molar-refractivity contribution in [3.8, 4) is 5.75 Å². The van der Waals surface area contributed by atoms with E-state index < -0.39 is 5.91 Å². The number of aryl methyl sites for hydroxylation is 1. The van der Waals surface area contributed by atoms with Crippen molar-refractivity contribution in [1.29, 1.82) is 0 Å². The molecule has 4 heteroatoms. The summed E-state index contributed by atoms with van der Waals surface area (Å²) < 4.78 is 5.62. The lowest BCUT2D eigenvalue weighted by molar-refractivity contribution is 0.0996. The molecular weight excluding hydrogens is 252 g/mol. The number of hydrogen-bond donors (Lipinski definition) is 2. The van der Waals surface area contributed by atoms with Gasteiger partial charge in [-0.05, 0) is 42.7 Å². The van der Waals surface area contributed by atoms with Crippen LogP contribution in [-0.2, 0) is 6.42 Å². The van der Waals surface area contributed by atoms with Crippen molar-refractivity contribution < 1.29 is 9.53 Å². The zero-order chi connectivity index (χ0) is 14.4. The third-order valence-electron chi connectivity index (χ3n) is 3.00. The van der Waals surface area contributed by atoms with Gasteiger partial charge in [0.15, 0.2) is 0 Å². The Kier molecular flexibility index (Phi) is 4.60. The molecule has 2 aromatic carbocycles. The maximum Gasteiger partial charge on any atom is 0.252 e. The van der Waals surface area contributed by atoms with Crippen molar-refractivity contribution in [3.05, 3.63) is 59.7 Å². The lowest BCUT2D eigenvalue weighted by Gasteiger charge is -2.09. The van der Waals surface area contributed by atoms with Crippen LogP contribution in [0.5, 0.6) is 5.75 Å². The summed E-state index contributed by atoms with van der Waals surface area (Å²) in [7, 11) is 0. The van der Waals surface area contributed by atoms with Crippen molar-refractivity contribution in [2.75, 3.05) is 12.3 Å². The number of carbonyl (C=O) groups excluding carboxylic acids is 1. The van der Waals surface area contributed by atoms with Gasteiger partial charge in [-0.15, -0.1) is 0 Å². The minimum Gasteiger partial charge on any atom is -0.493 e. The van der Waals surface area contributed by atoms with Gasteiger partial charge in [0.25, 0.3) is 5.91 Å². The Bertz CT molecular complexity index is 579. The molecule has 0 spiro atoms. The lowest BCUT2D eigenvalue weighted by atomic mass is 10.1. The van der Waals surface area contributed by atoms with Gasteiger partial charge in [-0.25, -0.2) is 0 Å². The number of nitrogen functional groups attached to an aromatic ring is 1. The topological polar surface area (TPSA) is 78.3 Å². The van der Waals surface area contributed by atoms with Crippen LogP contribution in [0.15, 0.2) is 48.5 Å². The van der Waals surface area contributed by atoms with E-state index >= 15 is 0 Å². The lowest BCUT2D eigenvalue weighted by Crippen LogP contribution is -2.13. The number of amides is 1. The first-order chi connectivity index (χ1) is 9.66. The van der Waals surface area contributed by atoms with E-state index in [0.29, 0.717) is 17.9 Å². The molecule has 0 aromatic heterocycles. The highest BCUT2D eigenvalue weighted by Crippen LogP contribution is 2.17. The van der Waals surface area contributed by atoms with E-state index in [1.807, 2.05) is 30.3 Å². The van der Waals surface area contributed by atoms with Crippen LogP contribution in [0.2, 0.25) is 0 Å². The molecule has 2 aromatic rings. The second-order valence-corrected chi connectivity index (χ2v) is 4.55. The Morgan fingerprint density at radius 2 is 1.75 bits per heavy atom. The summed E-state index contributed by atoms with van der Waals surface area (Å²) >= 11 is 0. The van der Waals surface area contributed by atoms with Gasteiger partial charge >= 0.3 is 0 Å². The normalized spacial score (nSPS) is 10.2. The quantitative estimate of drug-likeness (QED) is 0.625. The number of rotatable bonds is 6. The first-order valence-corrected chi connectivity index (χ1v) is 6.53. The van der Waals surface area contributed by atoms with Crippen molar-refractivity contribution in [3.63, 3.8) is 0 Å². The number of ether oxygens (including phenoxy) is 1. The molecule has 0 saturated carbocycles. The molecule has 0 unspecified atom stereocenters. The van der Waals surface area contributed by atoms with Crippen LogP contribution in [0, 0.1) is 0 Å². The maximum absolute atomic E-state index is 11.2.